The minimum absolute atomic E-state index is 0.110. The minimum atomic E-state index is -0.972. The number of ketones is 1. The minimum Gasteiger partial charge on any atom is -0.497 e. The van der Waals surface area contributed by atoms with Gasteiger partial charge in [0.2, 0.25) is 0 Å². The van der Waals surface area contributed by atoms with Gasteiger partial charge in [0, 0.05) is 6.42 Å². The SMILES string of the molecule is COc1ccc(CCC(=O)C2=NCC=C2NC(=O)c2c(F)cccc2F)cc1. The number of allylic oxidation sites excluding steroid dienone is 1. The highest BCUT2D eigenvalue weighted by molar-refractivity contribution is 6.47. The average Bonchev–Trinajstić information content (AvgIpc) is 3.14. The number of benzene rings is 2. The van der Waals surface area contributed by atoms with E-state index in [0.717, 1.165) is 23.4 Å². The largest absolute Gasteiger partial charge is 0.497 e. The third kappa shape index (κ3) is 4.31. The van der Waals surface area contributed by atoms with Gasteiger partial charge in [-0.3, -0.25) is 14.6 Å². The number of amides is 1. The number of hydrogen-bond donors (Lipinski definition) is 1. The van der Waals surface area contributed by atoms with Crippen LogP contribution in [0.15, 0.2) is 59.2 Å². The molecule has 0 saturated heterocycles. The number of rotatable bonds is 7. The van der Waals surface area contributed by atoms with Gasteiger partial charge in [0.15, 0.2) is 5.78 Å². The zero-order valence-electron chi connectivity index (χ0n) is 15.2. The number of nitrogens with zero attached hydrogens (tertiary/aromatic N) is 1. The van der Waals surface area contributed by atoms with E-state index in [1.54, 1.807) is 19.2 Å². The van der Waals surface area contributed by atoms with Crippen molar-refractivity contribution in [2.24, 2.45) is 4.99 Å². The van der Waals surface area contributed by atoms with Crippen LogP contribution in [0.4, 0.5) is 8.78 Å². The van der Waals surface area contributed by atoms with E-state index in [4.69, 9.17) is 4.74 Å². The number of carbonyl (C=O) groups excluding carboxylic acids is 2. The lowest BCUT2D eigenvalue weighted by Crippen LogP contribution is -2.31. The summed E-state index contributed by atoms with van der Waals surface area (Å²) in [5.74, 6) is -2.43. The summed E-state index contributed by atoms with van der Waals surface area (Å²) < 4.78 is 32.6. The van der Waals surface area contributed by atoms with E-state index in [9.17, 15) is 18.4 Å². The first-order chi connectivity index (χ1) is 13.5. The predicted octanol–water partition coefficient (Wildman–Crippen LogP) is 3.24. The highest BCUT2D eigenvalue weighted by Crippen LogP contribution is 2.16. The lowest BCUT2D eigenvalue weighted by Gasteiger charge is -2.10. The molecule has 2 aromatic carbocycles. The van der Waals surface area contributed by atoms with Gasteiger partial charge in [0.1, 0.15) is 28.7 Å². The zero-order valence-corrected chi connectivity index (χ0v) is 15.2. The third-order valence-electron chi connectivity index (χ3n) is 4.30. The van der Waals surface area contributed by atoms with Crippen LogP contribution >= 0.6 is 0 Å². The van der Waals surface area contributed by atoms with Gasteiger partial charge in [-0.1, -0.05) is 18.2 Å². The van der Waals surface area contributed by atoms with Gasteiger partial charge in [-0.05, 0) is 42.3 Å². The molecule has 0 saturated carbocycles. The third-order valence-corrected chi connectivity index (χ3v) is 4.30. The summed E-state index contributed by atoms with van der Waals surface area (Å²) in [6.45, 7) is 0.221. The van der Waals surface area contributed by atoms with Crippen LogP contribution < -0.4 is 10.1 Å². The van der Waals surface area contributed by atoms with Crippen molar-refractivity contribution < 1.29 is 23.1 Å². The molecule has 0 spiro atoms. The fourth-order valence-electron chi connectivity index (χ4n) is 2.83. The smallest absolute Gasteiger partial charge is 0.261 e. The number of nitrogens with one attached hydrogen (secondary N) is 1. The van der Waals surface area contributed by atoms with Crippen molar-refractivity contribution in [3.63, 3.8) is 0 Å². The van der Waals surface area contributed by atoms with E-state index in [1.807, 2.05) is 12.1 Å². The molecule has 2 aromatic rings. The van der Waals surface area contributed by atoms with Crippen molar-refractivity contribution in [1.29, 1.82) is 0 Å². The molecule has 1 aliphatic rings. The Morgan fingerprint density at radius 3 is 2.43 bits per heavy atom. The standard InChI is InChI=1S/C21H18F2N2O3/c1-28-14-8-5-13(6-9-14)7-10-18(26)20-17(11-12-24-20)25-21(27)19-15(22)3-2-4-16(19)23/h2-6,8-9,11H,7,10,12H2,1H3,(H,25,27). The fraction of sp³-hybridized carbons (Fsp3) is 0.190. The summed E-state index contributed by atoms with van der Waals surface area (Å²) in [5, 5.41) is 2.40. The highest BCUT2D eigenvalue weighted by Gasteiger charge is 2.24. The van der Waals surface area contributed by atoms with Gasteiger partial charge in [-0.25, -0.2) is 8.78 Å². The van der Waals surface area contributed by atoms with Gasteiger partial charge in [-0.15, -0.1) is 0 Å². The molecule has 0 aliphatic carbocycles. The zero-order chi connectivity index (χ0) is 20.1. The molecule has 3 rings (SSSR count). The van der Waals surface area contributed by atoms with Crippen LogP contribution in [0.3, 0.4) is 0 Å². The first-order valence-corrected chi connectivity index (χ1v) is 8.66. The molecule has 1 amide bonds. The molecule has 7 heteroatoms. The Kier molecular flexibility index (Phi) is 5.93. The van der Waals surface area contributed by atoms with E-state index in [1.165, 1.54) is 12.1 Å². The molecule has 0 fully saturated rings. The number of halogens is 2. The average molecular weight is 384 g/mol. The van der Waals surface area contributed by atoms with Crippen LogP contribution in [0, 0.1) is 11.6 Å². The lowest BCUT2D eigenvalue weighted by atomic mass is 10.0. The Hall–Kier alpha value is -3.35. The summed E-state index contributed by atoms with van der Waals surface area (Å²) in [6, 6.07) is 10.5. The van der Waals surface area contributed by atoms with Crippen LogP contribution in [-0.2, 0) is 11.2 Å². The maximum Gasteiger partial charge on any atom is 0.261 e. The Labute approximate surface area is 160 Å². The second-order valence-corrected chi connectivity index (χ2v) is 6.13. The fourth-order valence-corrected chi connectivity index (χ4v) is 2.83. The van der Waals surface area contributed by atoms with Gasteiger partial charge in [-0.2, -0.15) is 0 Å². The molecule has 0 aromatic heterocycles. The van der Waals surface area contributed by atoms with E-state index in [2.05, 4.69) is 10.3 Å². The number of methoxy groups -OCH3 is 1. The maximum atomic E-state index is 13.8. The van der Waals surface area contributed by atoms with Crippen molar-refractivity contribution in [2.45, 2.75) is 12.8 Å². The molecular formula is C21H18F2N2O3. The monoisotopic (exact) mass is 384 g/mol. The number of Topliss-reactive ketones (excluding diaryl/α,β-unsaturated/α-hetero) is 1. The van der Waals surface area contributed by atoms with Gasteiger partial charge in [0.05, 0.1) is 19.4 Å². The maximum absolute atomic E-state index is 13.8. The van der Waals surface area contributed by atoms with E-state index in [-0.39, 0.29) is 30.2 Å². The van der Waals surface area contributed by atoms with Crippen LogP contribution in [-0.4, -0.2) is 31.1 Å². The van der Waals surface area contributed by atoms with E-state index >= 15 is 0 Å². The van der Waals surface area contributed by atoms with Crippen LogP contribution in [0.25, 0.3) is 0 Å². The molecule has 1 heterocycles. The van der Waals surface area contributed by atoms with Crippen molar-refractivity contribution >= 4 is 17.4 Å². The normalized spacial score (nSPS) is 13.0. The second-order valence-electron chi connectivity index (χ2n) is 6.13. The second kappa shape index (κ2) is 8.56. The van der Waals surface area contributed by atoms with Gasteiger partial charge < -0.3 is 10.1 Å². The van der Waals surface area contributed by atoms with Crippen molar-refractivity contribution in [3.8, 4) is 5.75 Å². The van der Waals surface area contributed by atoms with Gasteiger partial charge in [0.25, 0.3) is 5.91 Å². The predicted molar refractivity (Wildman–Crippen MR) is 101 cm³/mol. The molecule has 1 aliphatic heterocycles. The molecule has 0 bridgehead atoms. The lowest BCUT2D eigenvalue weighted by molar-refractivity contribution is -0.112. The molecule has 5 nitrogen and oxygen atoms in total. The summed E-state index contributed by atoms with van der Waals surface area (Å²) in [7, 11) is 1.58. The Bertz CT molecular complexity index is 946. The molecule has 144 valence electrons. The summed E-state index contributed by atoms with van der Waals surface area (Å²) in [6.07, 6.45) is 2.22. The van der Waals surface area contributed by atoms with Crippen molar-refractivity contribution in [1.82, 2.24) is 5.32 Å². The quantitative estimate of drug-likeness (QED) is 0.797. The molecule has 0 radical (unpaired) electrons. The molecule has 28 heavy (non-hydrogen) atoms. The first-order valence-electron chi connectivity index (χ1n) is 8.66. The number of hydrogen-bond acceptors (Lipinski definition) is 4. The van der Waals surface area contributed by atoms with Gasteiger partial charge >= 0.3 is 0 Å². The van der Waals surface area contributed by atoms with Crippen molar-refractivity contribution in [3.05, 3.63) is 77.0 Å². The summed E-state index contributed by atoms with van der Waals surface area (Å²) >= 11 is 0. The van der Waals surface area contributed by atoms with Crippen LogP contribution in [0.2, 0.25) is 0 Å². The number of aliphatic imine (C=N–C) groups is 1. The Morgan fingerprint density at radius 2 is 1.79 bits per heavy atom. The summed E-state index contributed by atoms with van der Waals surface area (Å²) in [4.78, 5) is 28.8. The molecular weight excluding hydrogens is 366 g/mol. The topological polar surface area (TPSA) is 67.8 Å². The van der Waals surface area contributed by atoms with Crippen LogP contribution in [0.5, 0.6) is 5.75 Å². The summed E-state index contributed by atoms with van der Waals surface area (Å²) in [5.41, 5.74) is 0.544. The van der Waals surface area contributed by atoms with E-state index < -0.39 is 23.1 Å². The Morgan fingerprint density at radius 1 is 1.11 bits per heavy atom. The number of aryl methyl sites for hydroxylation is 1. The molecule has 1 N–H and O–H groups in total. The van der Waals surface area contributed by atoms with E-state index in [0.29, 0.717) is 6.42 Å². The first kappa shape index (κ1) is 19.4. The molecule has 0 atom stereocenters. The Balaban J connectivity index is 1.63. The van der Waals surface area contributed by atoms with Crippen molar-refractivity contribution in [2.75, 3.05) is 13.7 Å². The highest BCUT2D eigenvalue weighted by atomic mass is 19.1. The van der Waals surface area contributed by atoms with Crippen LogP contribution in [0.1, 0.15) is 22.3 Å². The molecule has 0 unspecified atom stereocenters. The number of ether oxygens (including phenoxy) is 1. The number of carbonyl (C=O) groups is 2.